The summed E-state index contributed by atoms with van der Waals surface area (Å²) < 4.78 is 1.13. The van der Waals surface area contributed by atoms with E-state index < -0.39 is 0 Å². The van der Waals surface area contributed by atoms with E-state index in [1.165, 1.54) is 0 Å². The van der Waals surface area contributed by atoms with Crippen LogP contribution in [-0.2, 0) is 0 Å². The maximum absolute atomic E-state index is 5.93. The highest BCUT2D eigenvalue weighted by molar-refractivity contribution is 14.1. The van der Waals surface area contributed by atoms with Crippen LogP contribution < -0.4 is 11.1 Å². The number of hydrogen-bond donors (Lipinski definition) is 3. The highest BCUT2D eigenvalue weighted by atomic mass is 127. The summed E-state index contributed by atoms with van der Waals surface area (Å²) in [4.78, 5) is 7.27. The lowest BCUT2D eigenvalue weighted by molar-refractivity contribution is 0.810. The molecule has 5 heteroatoms. The van der Waals surface area contributed by atoms with E-state index >= 15 is 0 Å². The third-order valence-corrected chi connectivity index (χ3v) is 2.99. The van der Waals surface area contributed by atoms with E-state index in [1.807, 2.05) is 31.3 Å². The van der Waals surface area contributed by atoms with Crippen molar-refractivity contribution in [2.24, 2.45) is 0 Å². The molecule has 1 atom stereocenters. The Kier molecular flexibility index (Phi) is 3.33. The van der Waals surface area contributed by atoms with Gasteiger partial charge in [-0.3, -0.25) is 0 Å². The maximum atomic E-state index is 5.93. The molecule has 0 aliphatic carbocycles. The fourth-order valence-corrected chi connectivity index (χ4v) is 2.00. The van der Waals surface area contributed by atoms with Crippen molar-refractivity contribution >= 4 is 34.0 Å². The van der Waals surface area contributed by atoms with Crippen LogP contribution in [0.5, 0.6) is 0 Å². The summed E-state index contributed by atoms with van der Waals surface area (Å²) >= 11 is 2.24. The quantitative estimate of drug-likeness (QED) is 0.600. The van der Waals surface area contributed by atoms with E-state index in [4.69, 9.17) is 5.73 Å². The molecule has 84 valence electrons. The summed E-state index contributed by atoms with van der Waals surface area (Å²) in [6.45, 7) is 2.04. The molecule has 0 saturated heterocycles. The molecule has 0 radical (unpaired) electrons. The van der Waals surface area contributed by atoms with E-state index in [-0.39, 0.29) is 6.04 Å². The first-order valence-corrected chi connectivity index (χ1v) is 6.05. The van der Waals surface area contributed by atoms with Crippen molar-refractivity contribution < 1.29 is 0 Å². The summed E-state index contributed by atoms with van der Waals surface area (Å²) in [6, 6.07) is 6.06. The average molecular weight is 328 g/mol. The standard InChI is InChI=1S/C11H13IN4/c1-7(11-14-4-5-15-11)16-10-3-2-8(12)6-9(10)13/h2-7,16H,13H2,1H3,(H,14,15). The largest absolute Gasteiger partial charge is 0.397 e. The number of anilines is 2. The fourth-order valence-electron chi connectivity index (χ4n) is 1.48. The molecular formula is C11H13IN4. The minimum Gasteiger partial charge on any atom is -0.397 e. The summed E-state index contributed by atoms with van der Waals surface area (Å²) in [5.41, 5.74) is 7.61. The molecule has 0 amide bonds. The number of H-pyrrole nitrogens is 1. The van der Waals surface area contributed by atoms with Crippen LogP contribution in [-0.4, -0.2) is 9.97 Å². The van der Waals surface area contributed by atoms with Gasteiger partial charge in [0.1, 0.15) is 5.82 Å². The van der Waals surface area contributed by atoms with E-state index in [0.29, 0.717) is 0 Å². The van der Waals surface area contributed by atoms with Gasteiger partial charge in [-0.15, -0.1) is 0 Å². The summed E-state index contributed by atoms with van der Waals surface area (Å²) in [5, 5.41) is 3.32. The van der Waals surface area contributed by atoms with E-state index in [9.17, 15) is 0 Å². The Morgan fingerprint density at radius 3 is 2.94 bits per heavy atom. The first-order valence-electron chi connectivity index (χ1n) is 4.97. The first-order chi connectivity index (χ1) is 7.66. The van der Waals surface area contributed by atoms with Crippen molar-refractivity contribution in [1.29, 1.82) is 0 Å². The minimum atomic E-state index is 0.109. The zero-order chi connectivity index (χ0) is 11.5. The number of aromatic amines is 1. The molecule has 1 heterocycles. The molecule has 4 nitrogen and oxygen atoms in total. The van der Waals surface area contributed by atoms with Gasteiger partial charge in [0, 0.05) is 16.0 Å². The van der Waals surface area contributed by atoms with Gasteiger partial charge in [0.2, 0.25) is 0 Å². The van der Waals surface area contributed by atoms with Crippen molar-refractivity contribution in [3.8, 4) is 0 Å². The second kappa shape index (κ2) is 4.73. The van der Waals surface area contributed by atoms with Gasteiger partial charge in [-0.2, -0.15) is 0 Å². The molecule has 4 N–H and O–H groups in total. The Labute approximate surface area is 108 Å². The molecule has 0 aliphatic heterocycles. The molecule has 1 aromatic carbocycles. The molecule has 2 rings (SSSR count). The van der Waals surface area contributed by atoms with Gasteiger partial charge in [0.25, 0.3) is 0 Å². The second-order valence-corrected chi connectivity index (χ2v) is 4.82. The van der Waals surface area contributed by atoms with E-state index in [1.54, 1.807) is 6.20 Å². The van der Waals surface area contributed by atoms with Crippen LogP contribution in [0.2, 0.25) is 0 Å². The lowest BCUT2D eigenvalue weighted by Gasteiger charge is -2.14. The minimum absolute atomic E-state index is 0.109. The molecule has 0 saturated carbocycles. The van der Waals surface area contributed by atoms with Crippen LogP contribution in [0.1, 0.15) is 18.8 Å². The molecule has 0 fully saturated rings. The van der Waals surface area contributed by atoms with Crippen LogP contribution >= 0.6 is 22.6 Å². The Hall–Kier alpha value is -1.24. The lowest BCUT2D eigenvalue weighted by Crippen LogP contribution is -2.09. The molecule has 16 heavy (non-hydrogen) atoms. The molecule has 0 aliphatic rings. The predicted octanol–water partition coefficient (Wildman–Crippen LogP) is 2.77. The monoisotopic (exact) mass is 328 g/mol. The zero-order valence-electron chi connectivity index (χ0n) is 8.87. The predicted molar refractivity (Wildman–Crippen MR) is 74.2 cm³/mol. The average Bonchev–Trinajstić information content (AvgIpc) is 2.75. The topological polar surface area (TPSA) is 66.7 Å². The number of nitrogens with zero attached hydrogens (tertiary/aromatic N) is 1. The van der Waals surface area contributed by atoms with Crippen LogP contribution in [0, 0.1) is 3.57 Å². The summed E-state index contributed by atoms with van der Waals surface area (Å²) in [7, 11) is 0. The SMILES string of the molecule is CC(Nc1ccc(I)cc1N)c1ncc[nH]1. The number of benzene rings is 1. The van der Waals surface area contributed by atoms with Crippen molar-refractivity contribution in [1.82, 2.24) is 9.97 Å². The van der Waals surface area contributed by atoms with Crippen LogP contribution in [0.4, 0.5) is 11.4 Å². The molecule has 0 spiro atoms. The number of nitrogens with one attached hydrogen (secondary N) is 2. The number of rotatable bonds is 3. The third-order valence-electron chi connectivity index (χ3n) is 2.32. The number of nitrogens with two attached hydrogens (primary N) is 1. The van der Waals surface area contributed by atoms with Gasteiger partial charge in [0.05, 0.1) is 17.4 Å². The molecule has 0 bridgehead atoms. The van der Waals surface area contributed by atoms with Crippen LogP contribution in [0.25, 0.3) is 0 Å². The number of hydrogen-bond acceptors (Lipinski definition) is 3. The van der Waals surface area contributed by atoms with Gasteiger partial charge in [0.15, 0.2) is 0 Å². The highest BCUT2D eigenvalue weighted by Crippen LogP contribution is 2.24. The first kappa shape index (κ1) is 11.3. The van der Waals surface area contributed by atoms with Gasteiger partial charge in [-0.1, -0.05) is 0 Å². The van der Waals surface area contributed by atoms with Crippen LogP contribution in [0.3, 0.4) is 0 Å². The normalized spacial score (nSPS) is 12.4. The summed E-state index contributed by atoms with van der Waals surface area (Å²) in [6.07, 6.45) is 3.55. The van der Waals surface area contributed by atoms with Gasteiger partial charge >= 0.3 is 0 Å². The van der Waals surface area contributed by atoms with Crippen LogP contribution in [0.15, 0.2) is 30.6 Å². The second-order valence-electron chi connectivity index (χ2n) is 3.57. The Morgan fingerprint density at radius 2 is 2.31 bits per heavy atom. The molecule has 2 aromatic rings. The third kappa shape index (κ3) is 2.46. The Balaban J connectivity index is 2.15. The van der Waals surface area contributed by atoms with Gasteiger partial charge in [-0.05, 0) is 47.7 Å². The zero-order valence-corrected chi connectivity index (χ0v) is 11.0. The number of imidazole rings is 1. The fraction of sp³-hybridized carbons (Fsp3) is 0.182. The molecule has 1 unspecified atom stereocenters. The Morgan fingerprint density at radius 1 is 1.50 bits per heavy atom. The van der Waals surface area contributed by atoms with E-state index in [0.717, 1.165) is 20.8 Å². The maximum Gasteiger partial charge on any atom is 0.128 e. The number of aromatic nitrogens is 2. The van der Waals surface area contributed by atoms with Crippen molar-refractivity contribution in [3.63, 3.8) is 0 Å². The summed E-state index contributed by atoms with van der Waals surface area (Å²) in [5.74, 6) is 0.901. The van der Waals surface area contributed by atoms with E-state index in [2.05, 4.69) is 37.9 Å². The molecular weight excluding hydrogens is 315 g/mol. The van der Waals surface area contributed by atoms with Crippen molar-refractivity contribution in [2.75, 3.05) is 11.1 Å². The Bertz CT molecular complexity index is 467. The highest BCUT2D eigenvalue weighted by Gasteiger charge is 2.08. The van der Waals surface area contributed by atoms with Crippen molar-refractivity contribution in [2.45, 2.75) is 13.0 Å². The van der Waals surface area contributed by atoms with Crippen molar-refractivity contribution in [3.05, 3.63) is 40.0 Å². The molecule has 1 aromatic heterocycles. The smallest absolute Gasteiger partial charge is 0.128 e. The number of nitrogen functional groups attached to an aromatic ring is 1. The lowest BCUT2D eigenvalue weighted by atomic mass is 10.2. The van der Waals surface area contributed by atoms with Gasteiger partial charge < -0.3 is 16.0 Å². The number of halogens is 1. The van der Waals surface area contributed by atoms with Gasteiger partial charge in [-0.25, -0.2) is 4.98 Å².